The van der Waals surface area contributed by atoms with Crippen LogP contribution in [0.25, 0.3) is 0 Å². The summed E-state index contributed by atoms with van der Waals surface area (Å²) in [5, 5.41) is 11.3. The Hall–Kier alpha value is -1.45. The van der Waals surface area contributed by atoms with Crippen LogP contribution in [-0.4, -0.2) is 20.9 Å². The third-order valence-corrected chi connectivity index (χ3v) is 1.13. The van der Waals surface area contributed by atoms with Gasteiger partial charge in [-0.3, -0.25) is 0 Å². The first-order valence-electron chi connectivity index (χ1n) is 2.78. The molecule has 1 N–H and O–H groups in total. The van der Waals surface area contributed by atoms with Crippen molar-refractivity contribution < 1.29 is 5.21 Å². The Morgan fingerprint density at radius 1 is 1.50 bits per heavy atom. The molecule has 0 fully saturated rings. The number of rotatable bonds is 1. The highest BCUT2D eigenvalue weighted by atomic mass is 16.4. The van der Waals surface area contributed by atoms with Gasteiger partial charge in [0.05, 0.1) is 5.71 Å². The molecule has 4 heteroatoms. The first-order chi connectivity index (χ1) is 4.84. The van der Waals surface area contributed by atoms with E-state index in [9.17, 15) is 0 Å². The van der Waals surface area contributed by atoms with Crippen molar-refractivity contribution >= 4 is 5.71 Å². The molecule has 0 aliphatic rings. The first-order valence-corrected chi connectivity index (χ1v) is 2.78. The van der Waals surface area contributed by atoms with Crippen LogP contribution in [0.2, 0.25) is 0 Å². The molecule has 1 aromatic heterocycles. The fourth-order valence-corrected chi connectivity index (χ4v) is 0.544. The molecule has 10 heavy (non-hydrogen) atoms. The standard InChI is InChI=1S/C6H7N3O/c1-5(9-10)6-2-7-4-8-3-6/h2-4,10H,1H3. The Labute approximate surface area is 58.2 Å². The maximum atomic E-state index is 8.32. The van der Waals surface area contributed by atoms with Crippen LogP contribution >= 0.6 is 0 Å². The number of nitrogens with zero attached hydrogens (tertiary/aromatic N) is 3. The quantitative estimate of drug-likeness (QED) is 0.351. The highest BCUT2D eigenvalue weighted by Gasteiger charge is 1.94. The molecule has 0 saturated heterocycles. The average molecular weight is 137 g/mol. The Morgan fingerprint density at radius 2 is 2.10 bits per heavy atom. The van der Waals surface area contributed by atoms with Crippen LogP contribution in [0.1, 0.15) is 12.5 Å². The first kappa shape index (κ1) is 6.67. The van der Waals surface area contributed by atoms with Gasteiger partial charge in [-0.15, -0.1) is 0 Å². The van der Waals surface area contributed by atoms with Crippen LogP contribution in [-0.2, 0) is 0 Å². The van der Waals surface area contributed by atoms with E-state index in [2.05, 4.69) is 15.1 Å². The lowest BCUT2D eigenvalue weighted by molar-refractivity contribution is 0.319. The maximum absolute atomic E-state index is 8.32. The monoisotopic (exact) mass is 137 g/mol. The minimum Gasteiger partial charge on any atom is -0.411 e. The Balaban J connectivity index is 2.96. The van der Waals surface area contributed by atoms with Gasteiger partial charge in [-0.05, 0) is 6.92 Å². The topological polar surface area (TPSA) is 58.4 Å². The van der Waals surface area contributed by atoms with Crippen LogP contribution in [0, 0.1) is 0 Å². The van der Waals surface area contributed by atoms with Gasteiger partial charge in [0, 0.05) is 18.0 Å². The van der Waals surface area contributed by atoms with Crippen molar-refractivity contribution in [3.63, 3.8) is 0 Å². The van der Waals surface area contributed by atoms with Crippen molar-refractivity contribution in [2.75, 3.05) is 0 Å². The molecule has 1 heterocycles. The lowest BCUT2D eigenvalue weighted by Gasteiger charge is -1.92. The molecule has 0 unspecified atom stereocenters. The van der Waals surface area contributed by atoms with Gasteiger partial charge in [-0.2, -0.15) is 0 Å². The second-order valence-corrected chi connectivity index (χ2v) is 1.81. The maximum Gasteiger partial charge on any atom is 0.115 e. The van der Waals surface area contributed by atoms with Crippen LogP contribution < -0.4 is 0 Å². The summed E-state index contributed by atoms with van der Waals surface area (Å²) in [7, 11) is 0. The third-order valence-electron chi connectivity index (χ3n) is 1.13. The van der Waals surface area contributed by atoms with Gasteiger partial charge < -0.3 is 5.21 Å². The predicted molar refractivity (Wildman–Crippen MR) is 36.0 cm³/mol. The molecule has 0 spiro atoms. The van der Waals surface area contributed by atoms with Gasteiger partial charge in [0.25, 0.3) is 0 Å². The number of aromatic nitrogens is 2. The third kappa shape index (κ3) is 1.28. The van der Waals surface area contributed by atoms with Crippen molar-refractivity contribution in [3.05, 3.63) is 24.3 Å². The lowest BCUT2D eigenvalue weighted by Crippen LogP contribution is -1.95. The predicted octanol–water partition coefficient (Wildman–Crippen LogP) is 0.675. The molecule has 4 nitrogen and oxygen atoms in total. The highest BCUT2D eigenvalue weighted by molar-refractivity contribution is 5.97. The highest BCUT2D eigenvalue weighted by Crippen LogP contribution is 1.94. The number of hydrogen-bond acceptors (Lipinski definition) is 4. The normalized spacial score (nSPS) is 11.5. The van der Waals surface area contributed by atoms with E-state index in [1.807, 2.05) is 0 Å². The summed E-state index contributed by atoms with van der Waals surface area (Å²) < 4.78 is 0. The second-order valence-electron chi connectivity index (χ2n) is 1.81. The SMILES string of the molecule is CC(=NO)c1cncnc1. The summed E-state index contributed by atoms with van der Waals surface area (Å²) in [5.41, 5.74) is 1.24. The minimum atomic E-state index is 0.514. The number of hydrogen-bond donors (Lipinski definition) is 1. The van der Waals surface area contributed by atoms with E-state index in [1.165, 1.54) is 6.33 Å². The van der Waals surface area contributed by atoms with E-state index in [4.69, 9.17) is 5.21 Å². The molecule has 1 aromatic rings. The molecule has 0 aliphatic carbocycles. The molecule has 0 atom stereocenters. The van der Waals surface area contributed by atoms with Crippen LogP contribution in [0.15, 0.2) is 23.9 Å². The zero-order chi connectivity index (χ0) is 7.40. The molecule has 0 aromatic carbocycles. The summed E-state index contributed by atoms with van der Waals surface area (Å²) in [6.07, 6.45) is 4.60. The lowest BCUT2D eigenvalue weighted by atomic mass is 10.2. The van der Waals surface area contributed by atoms with Gasteiger partial charge in [0.15, 0.2) is 0 Å². The van der Waals surface area contributed by atoms with E-state index >= 15 is 0 Å². The molecular weight excluding hydrogens is 130 g/mol. The molecule has 0 saturated carbocycles. The van der Waals surface area contributed by atoms with Gasteiger partial charge in [0.1, 0.15) is 6.33 Å². The second kappa shape index (κ2) is 2.91. The van der Waals surface area contributed by atoms with Gasteiger partial charge in [0.2, 0.25) is 0 Å². The summed E-state index contributed by atoms with van der Waals surface area (Å²) in [5.74, 6) is 0. The summed E-state index contributed by atoms with van der Waals surface area (Å²) in [4.78, 5) is 7.50. The van der Waals surface area contributed by atoms with Gasteiger partial charge >= 0.3 is 0 Å². The van der Waals surface area contributed by atoms with E-state index < -0.39 is 0 Å². The Morgan fingerprint density at radius 3 is 2.60 bits per heavy atom. The molecule has 1 rings (SSSR count). The largest absolute Gasteiger partial charge is 0.411 e. The van der Waals surface area contributed by atoms with E-state index in [1.54, 1.807) is 19.3 Å². The van der Waals surface area contributed by atoms with Crippen LogP contribution in [0.5, 0.6) is 0 Å². The van der Waals surface area contributed by atoms with Crippen LogP contribution in [0.4, 0.5) is 0 Å². The summed E-state index contributed by atoms with van der Waals surface area (Å²) in [6, 6.07) is 0. The fourth-order valence-electron chi connectivity index (χ4n) is 0.544. The molecular formula is C6H7N3O. The zero-order valence-corrected chi connectivity index (χ0v) is 5.52. The van der Waals surface area contributed by atoms with Gasteiger partial charge in [-0.25, -0.2) is 9.97 Å². The fraction of sp³-hybridized carbons (Fsp3) is 0.167. The smallest absolute Gasteiger partial charge is 0.115 e. The molecule has 52 valence electrons. The Kier molecular flexibility index (Phi) is 1.94. The van der Waals surface area contributed by atoms with Crippen molar-refractivity contribution in [1.82, 2.24) is 9.97 Å². The van der Waals surface area contributed by atoms with Crippen LogP contribution in [0.3, 0.4) is 0 Å². The molecule has 0 radical (unpaired) electrons. The van der Waals surface area contributed by atoms with Crippen molar-refractivity contribution in [1.29, 1.82) is 0 Å². The van der Waals surface area contributed by atoms with E-state index in [-0.39, 0.29) is 0 Å². The van der Waals surface area contributed by atoms with Crippen molar-refractivity contribution in [2.45, 2.75) is 6.92 Å². The summed E-state index contributed by atoms with van der Waals surface area (Å²) >= 11 is 0. The van der Waals surface area contributed by atoms with Crippen molar-refractivity contribution in [2.24, 2.45) is 5.16 Å². The van der Waals surface area contributed by atoms with E-state index in [0.29, 0.717) is 5.71 Å². The Bertz CT molecular complexity index is 232. The van der Waals surface area contributed by atoms with E-state index in [0.717, 1.165) is 5.56 Å². The zero-order valence-electron chi connectivity index (χ0n) is 5.52. The molecule has 0 aliphatic heterocycles. The average Bonchev–Trinajstić information content (AvgIpc) is 2.05. The molecule has 0 bridgehead atoms. The minimum absolute atomic E-state index is 0.514. The van der Waals surface area contributed by atoms with Gasteiger partial charge in [-0.1, -0.05) is 5.16 Å². The molecule has 0 amide bonds. The number of oxime groups is 1. The summed E-state index contributed by atoms with van der Waals surface area (Å²) in [6.45, 7) is 1.68. The van der Waals surface area contributed by atoms with Crippen molar-refractivity contribution in [3.8, 4) is 0 Å².